The van der Waals surface area contributed by atoms with Crippen molar-refractivity contribution >= 4 is 23.5 Å². The fourth-order valence-electron chi connectivity index (χ4n) is 7.61. The zero-order valence-corrected chi connectivity index (χ0v) is 32.3. The molecular weight excluding hydrogens is 641 g/mol. The fraction of sp³-hybridized carbons (Fsp3) is 0.545. The molecule has 1 aliphatic carbocycles. The lowest BCUT2D eigenvalue weighted by Gasteiger charge is -2.52. The Balaban J connectivity index is 1.59. The highest BCUT2D eigenvalue weighted by atomic mass is 15.2. The lowest BCUT2D eigenvalue weighted by Crippen LogP contribution is -2.41. The zero-order valence-electron chi connectivity index (χ0n) is 32.3. The van der Waals surface area contributed by atoms with E-state index in [0.29, 0.717) is 11.9 Å². The number of benzene rings is 2. The Morgan fingerprint density at radius 1 is 0.404 bits per heavy atom. The Labute approximate surface area is 313 Å². The lowest BCUT2D eigenvalue weighted by atomic mass is 9.50. The van der Waals surface area contributed by atoms with Gasteiger partial charge >= 0.3 is 0 Å². The van der Waals surface area contributed by atoms with Gasteiger partial charge in [0.05, 0.1) is 11.4 Å². The van der Waals surface area contributed by atoms with Gasteiger partial charge in [0.15, 0.2) is 0 Å². The highest BCUT2D eigenvalue weighted by molar-refractivity contribution is 5.52. The quantitative estimate of drug-likeness (QED) is 0.0535. The number of anilines is 4. The van der Waals surface area contributed by atoms with E-state index in [9.17, 15) is 0 Å². The van der Waals surface area contributed by atoms with Crippen molar-refractivity contribution < 1.29 is 0 Å². The third-order valence-electron chi connectivity index (χ3n) is 10.4. The van der Waals surface area contributed by atoms with Crippen LogP contribution in [0.2, 0.25) is 0 Å². The molecule has 2 heterocycles. The number of unbranched alkanes of at least 4 members (excludes halogenated alkanes) is 8. The van der Waals surface area contributed by atoms with Gasteiger partial charge in [-0.1, -0.05) is 140 Å². The largest absolute Gasteiger partial charge is 0.370 e. The van der Waals surface area contributed by atoms with E-state index in [4.69, 9.17) is 19.9 Å². The molecule has 0 amide bonds. The van der Waals surface area contributed by atoms with Crippen molar-refractivity contribution in [2.24, 2.45) is 0 Å². The summed E-state index contributed by atoms with van der Waals surface area (Å²) in [4.78, 5) is 20.6. The van der Waals surface area contributed by atoms with E-state index in [1.165, 1.54) is 62.5 Å². The molecule has 1 fully saturated rings. The molecule has 0 bridgehead atoms. The summed E-state index contributed by atoms with van der Waals surface area (Å²) in [7, 11) is 0. The summed E-state index contributed by atoms with van der Waals surface area (Å²) in [5, 5.41) is 14.5. The van der Waals surface area contributed by atoms with Gasteiger partial charge in [-0.2, -0.15) is 9.97 Å². The first-order valence-corrected chi connectivity index (χ1v) is 20.5. The molecule has 0 unspecified atom stereocenters. The monoisotopic (exact) mass is 705 g/mol. The third kappa shape index (κ3) is 10.9. The summed E-state index contributed by atoms with van der Waals surface area (Å²) in [6.45, 7) is 12.5. The van der Waals surface area contributed by atoms with Gasteiger partial charge in [0.25, 0.3) is 0 Å². The Hall–Kier alpha value is -4.20. The highest BCUT2D eigenvalue weighted by Gasteiger charge is 2.54. The molecule has 4 N–H and O–H groups in total. The molecule has 4 aromatic rings. The van der Waals surface area contributed by atoms with Crippen molar-refractivity contribution in [1.29, 1.82) is 0 Å². The van der Waals surface area contributed by atoms with Crippen molar-refractivity contribution in [3.63, 3.8) is 0 Å². The van der Waals surface area contributed by atoms with Crippen LogP contribution in [0.4, 0.5) is 23.5 Å². The van der Waals surface area contributed by atoms with Crippen LogP contribution in [0.5, 0.6) is 0 Å². The molecule has 5 rings (SSSR count). The molecule has 280 valence electrons. The molecule has 1 aliphatic rings. The summed E-state index contributed by atoms with van der Waals surface area (Å²) in [5.74, 6) is 3.82. The van der Waals surface area contributed by atoms with Crippen LogP contribution in [0.15, 0.2) is 72.8 Å². The standard InChI is InChI=1S/C44H64N8/c1-5-9-19-27-45-37-31-35(49-43(51-37)47-29-21-11-7-3)41-39(33-23-15-13-16-24-33)42(40(41)34-25-17-14-18-26-34)36-32-38(46-28-20-10-6-2)52-44(50-36)48-30-22-12-8-4/h13-18,23-26,31-32,39-42H,5-12,19-22,27-30H2,1-4H3,(H2,45,47,49,51)(H2,46,48,50,52). The van der Waals surface area contributed by atoms with Crippen LogP contribution in [0, 0.1) is 0 Å². The van der Waals surface area contributed by atoms with E-state index in [1.54, 1.807) is 0 Å². The minimum atomic E-state index is 0.127. The number of nitrogens with one attached hydrogen (secondary N) is 4. The van der Waals surface area contributed by atoms with Crippen molar-refractivity contribution in [2.75, 3.05) is 47.4 Å². The maximum absolute atomic E-state index is 5.31. The molecule has 8 nitrogen and oxygen atoms in total. The molecular formula is C44H64N8. The summed E-state index contributed by atoms with van der Waals surface area (Å²) < 4.78 is 0. The number of aromatic nitrogens is 4. The fourth-order valence-corrected chi connectivity index (χ4v) is 7.61. The predicted octanol–water partition coefficient (Wildman–Crippen LogP) is 11.1. The van der Waals surface area contributed by atoms with Crippen LogP contribution in [-0.4, -0.2) is 46.1 Å². The molecule has 52 heavy (non-hydrogen) atoms. The second-order valence-electron chi connectivity index (χ2n) is 14.5. The highest BCUT2D eigenvalue weighted by Crippen LogP contribution is 2.66. The topological polar surface area (TPSA) is 99.7 Å². The van der Waals surface area contributed by atoms with Crippen LogP contribution in [-0.2, 0) is 0 Å². The van der Waals surface area contributed by atoms with E-state index in [1.807, 2.05) is 0 Å². The molecule has 2 aromatic carbocycles. The van der Waals surface area contributed by atoms with Crippen LogP contribution >= 0.6 is 0 Å². The Morgan fingerprint density at radius 2 is 0.750 bits per heavy atom. The number of hydrogen-bond donors (Lipinski definition) is 4. The second-order valence-corrected chi connectivity index (χ2v) is 14.5. The van der Waals surface area contributed by atoms with Crippen LogP contribution in [0.3, 0.4) is 0 Å². The van der Waals surface area contributed by atoms with Gasteiger partial charge < -0.3 is 21.3 Å². The normalized spacial score (nSPS) is 18.1. The van der Waals surface area contributed by atoms with Gasteiger partial charge in [0, 0.05) is 62.0 Å². The average molecular weight is 705 g/mol. The summed E-state index contributed by atoms with van der Waals surface area (Å²) in [5.41, 5.74) is 4.78. The molecule has 1 saturated carbocycles. The first kappa shape index (κ1) is 39.0. The van der Waals surface area contributed by atoms with E-state index in [0.717, 1.165) is 74.9 Å². The molecule has 2 aromatic heterocycles. The van der Waals surface area contributed by atoms with Gasteiger partial charge in [0.2, 0.25) is 11.9 Å². The summed E-state index contributed by atoms with van der Waals surface area (Å²) in [6.07, 6.45) is 14.0. The zero-order chi connectivity index (χ0) is 36.4. The SMILES string of the molecule is CCCCCNc1cc(C2C(c3ccccc3)C(c3cc(NCCCCC)nc(NCCCCC)n3)C2c2ccccc2)nc(NCCCCC)n1. The second kappa shape index (κ2) is 21.4. The van der Waals surface area contributed by atoms with Gasteiger partial charge in [-0.3, -0.25) is 0 Å². The molecule has 0 atom stereocenters. The third-order valence-corrected chi connectivity index (χ3v) is 10.4. The summed E-state index contributed by atoms with van der Waals surface area (Å²) >= 11 is 0. The minimum Gasteiger partial charge on any atom is -0.370 e. The lowest BCUT2D eigenvalue weighted by molar-refractivity contribution is 0.220. The van der Waals surface area contributed by atoms with Crippen LogP contribution < -0.4 is 21.3 Å². The van der Waals surface area contributed by atoms with Gasteiger partial charge in [-0.25, -0.2) is 9.97 Å². The number of hydrogen-bond acceptors (Lipinski definition) is 8. The molecule has 8 heteroatoms. The van der Waals surface area contributed by atoms with Crippen LogP contribution in [0.25, 0.3) is 0 Å². The Morgan fingerprint density at radius 3 is 1.10 bits per heavy atom. The Kier molecular flexibility index (Phi) is 16.0. The first-order chi connectivity index (χ1) is 25.7. The van der Waals surface area contributed by atoms with E-state index < -0.39 is 0 Å². The minimum absolute atomic E-state index is 0.127. The first-order valence-electron chi connectivity index (χ1n) is 20.5. The maximum atomic E-state index is 5.31. The molecule has 0 spiro atoms. The van der Waals surface area contributed by atoms with E-state index in [2.05, 4.69) is 122 Å². The molecule has 0 saturated heterocycles. The number of rotatable bonds is 24. The van der Waals surface area contributed by atoms with E-state index in [-0.39, 0.29) is 23.7 Å². The van der Waals surface area contributed by atoms with Crippen molar-refractivity contribution in [3.05, 3.63) is 95.3 Å². The van der Waals surface area contributed by atoms with E-state index >= 15 is 0 Å². The van der Waals surface area contributed by atoms with Gasteiger partial charge in [-0.05, 0) is 36.8 Å². The number of nitrogens with zero attached hydrogens (tertiary/aromatic N) is 4. The molecule has 0 aliphatic heterocycles. The predicted molar refractivity (Wildman–Crippen MR) is 220 cm³/mol. The maximum Gasteiger partial charge on any atom is 0.224 e. The van der Waals surface area contributed by atoms with Crippen LogP contribution in [0.1, 0.15) is 151 Å². The van der Waals surface area contributed by atoms with Gasteiger partial charge in [-0.15, -0.1) is 0 Å². The van der Waals surface area contributed by atoms with Gasteiger partial charge in [0.1, 0.15) is 11.6 Å². The average Bonchev–Trinajstić information content (AvgIpc) is 3.16. The van der Waals surface area contributed by atoms with Crippen molar-refractivity contribution in [2.45, 2.75) is 128 Å². The van der Waals surface area contributed by atoms with Crippen molar-refractivity contribution in [3.8, 4) is 0 Å². The Bertz CT molecular complexity index is 1390. The summed E-state index contributed by atoms with van der Waals surface area (Å²) in [6, 6.07) is 26.5. The van der Waals surface area contributed by atoms with Crippen molar-refractivity contribution in [1.82, 2.24) is 19.9 Å². The smallest absolute Gasteiger partial charge is 0.224 e. The molecule has 0 radical (unpaired) electrons.